The minimum Gasteiger partial charge on any atom is -0.375 e. The van der Waals surface area contributed by atoms with E-state index in [1.54, 1.807) is 0 Å². The summed E-state index contributed by atoms with van der Waals surface area (Å²) in [5, 5.41) is 0. The van der Waals surface area contributed by atoms with E-state index in [1.165, 1.54) is 5.56 Å². The third kappa shape index (κ3) is 7.02. The van der Waals surface area contributed by atoms with Crippen LogP contribution >= 0.6 is 0 Å². The van der Waals surface area contributed by atoms with Gasteiger partial charge in [-0.1, -0.05) is 30.3 Å². The van der Waals surface area contributed by atoms with E-state index in [0.717, 1.165) is 12.8 Å². The van der Waals surface area contributed by atoms with Crippen LogP contribution in [0, 0.1) is 0 Å². The molecule has 0 aromatic heterocycles. The van der Waals surface area contributed by atoms with Crippen molar-refractivity contribution in [3.63, 3.8) is 0 Å². The van der Waals surface area contributed by atoms with Crippen LogP contribution in [0.15, 0.2) is 30.3 Å². The average Bonchev–Trinajstić information content (AvgIpc) is 2.33. The largest absolute Gasteiger partial charge is 0.375 e. The molecule has 1 aromatic rings. The maximum absolute atomic E-state index is 11.8. The molecule has 0 spiro atoms. The van der Waals surface area contributed by atoms with Crippen LogP contribution < -0.4 is 5.73 Å². The Kier molecular flexibility index (Phi) is 6.74. The second kappa shape index (κ2) is 8.14. The SMILES string of the molecule is NC(CCOCC(F)F)CCc1ccccc1. The van der Waals surface area contributed by atoms with Crippen molar-refractivity contribution in [2.45, 2.75) is 31.7 Å². The van der Waals surface area contributed by atoms with Crippen LogP contribution in [0.25, 0.3) is 0 Å². The normalized spacial score (nSPS) is 12.9. The molecule has 0 bridgehead atoms. The van der Waals surface area contributed by atoms with Gasteiger partial charge in [0.2, 0.25) is 0 Å². The van der Waals surface area contributed by atoms with E-state index >= 15 is 0 Å². The Bertz CT molecular complexity index is 293. The molecule has 96 valence electrons. The lowest BCUT2D eigenvalue weighted by Crippen LogP contribution is -2.23. The summed E-state index contributed by atoms with van der Waals surface area (Å²) in [6.07, 6.45) is -0.00566. The number of benzene rings is 1. The zero-order valence-corrected chi connectivity index (χ0v) is 9.82. The number of rotatable bonds is 8. The van der Waals surface area contributed by atoms with Gasteiger partial charge in [-0.05, 0) is 24.8 Å². The van der Waals surface area contributed by atoms with Gasteiger partial charge in [0.15, 0.2) is 0 Å². The molecule has 1 unspecified atom stereocenters. The first-order chi connectivity index (χ1) is 8.18. The van der Waals surface area contributed by atoms with Gasteiger partial charge >= 0.3 is 0 Å². The van der Waals surface area contributed by atoms with Gasteiger partial charge in [-0.2, -0.15) is 0 Å². The van der Waals surface area contributed by atoms with Crippen LogP contribution in [-0.2, 0) is 11.2 Å². The Morgan fingerprint density at radius 1 is 1.12 bits per heavy atom. The molecule has 0 heterocycles. The van der Waals surface area contributed by atoms with Gasteiger partial charge in [0.25, 0.3) is 6.43 Å². The van der Waals surface area contributed by atoms with Crippen molar-refractivity contribution in [1.29, 1.82) is 0 Å². The standard InChI is InChI=1S/C13H19F2NO/c14-13(15)10-17-9-8-12(16)7-6-11-4-2-1-3-5-11/h1-5,12-13H,6-10,16H2. The predicted molar refractivity (Wildman–Crippen MR) is 64.2 cm³/mol. The van der Waals surface area contributed by atoms with Crippen LogP contribution in [0.2, 0.25) is 0 Å². The van der Waals surface area contributed by atoms with Crippen molar-refractivity contribution >= 4 is 0 Å². The Balaban J connectivity index is 2.07. The Morgan fingerprint density at radius 3 is 2.47 bits per heavy atom. The molecule has 0 aliphatic rings. The molecule has 2 N–H and O–H groups in total. The zero-order chi connectivity index (χ0) is 12.5. The number of alkyl halides is 2. The third-order valence-electron chi connectivity index (χ3n) is 2.52. The van der Waals surface area contributed by atoms with E-state index in [-0.39, 0.29) is 6.04 Å². The molecule has 0 amide bonds. The quantitative estimate of drug-likeness (QED) is 0.712. The van der Waals surface area contributed by atoms with Crippen LogP contribution in [0.1, 0.15) is 18.4 Å². The minimum absolute atomic E-state index is 0.00729. The van der Waals surface area contributed by atoms with Crippen molar-refractivity contribution in [1.82, 2.24) is 0 Å². The highest BCUT2D eigenvalue weighted by Crippen LogP contribution is 2.06. The van der Waals surface area contributed by atoms with Crippen molar-refractivity contribution in [3.05, 3.63) is 35.9 Å². The van der Waals surface area contributed by atoms with Gasteiger partial charge in [-0.15, -0.1) is 0 Å². The van der Waals surface area contributed by atoms with Gasteiger partial charge in [-0.3, -0.25) is 0 Å². The second-order valence-corrected chi connectivity index (χ2v) is 4.04. The van der Waals surface area contributed by atoms with Crippen LogP contribution in [0.4, 0.5) is 8.78 Å². The first kappa shape index (κ1) is 14.1. The van der Waals surface area contributed by atoms with Gasteiger partial charge in [0.05, 0.1) is 0 Å². The van der Waals surface area contributed by atoms with Crippen LogP contribution in [0.3, 0.4) is 0 Å². The van der Waals surface area contributed by atoms with E-state index in [1.807, 2.05) is 18.2 Å². The summed E-state index contributed by atoms with van der Waals surface area (Å²) in [4.78, 5) is 0. The molecule has 17 heavy (non-hydrogen) atoms. The first-order valence-electron chi connectivity index (χ1n) is 5.84. The monoisotopic (exact) mass is 243 g/mol. The summed E-state index contributed by atoms with van der Waals surface area (Å²) < 4.78 is 28.3. The molecule has 0 fully saturated rings. The number of nitrogens with two attached hydrogens (primary N) is 1. The van der Waals surface area contributed by atoms with Gasteiger partial charge < -0.3 is 10.5 Å². The van der Waals surface area contributed by atoms with E-state index in [4.69, 9.17) is 10.5 Å². The summed E-state index contributed by atoms with van der Waals surface area (Å²) in [6, 6.07) is 10.1. The molecule has 1 aromatic carbocycles. The molecule has 0 aliphatic carbocycles. The first-order valence-corrected chi connectivity index (χ1v) is 5.84. The summed E-state index contributed by atoms with van der Waals surface area (Å²) in [5.74, 6) is 0. The van der Waals surface area contributed by atoms with E-state index < -0.39 is 13.0 Å². The number of hydrogen-bond donors (Lipinski definition) is 1. The maximum Gasteiger partial charge on any atom is 0.261 e. The molecule has 4 heteroatoms. The molecular formula is C13H19F2NO. The van der Waals surface area contributed by atoms with E-state index in [0.29, 0.717) is 13.0 Å². The number of halogens is 2. The topological polar surface area (TPSA) is 35.2 Å². The summed E-state index contributed by atoms with van der Waals surface area (Å²) in [5.41, 5.74) is 7.12. The Hall–Kier alpha value is -1.00. The lowest BCUT2D eigenvalue weighted by Gasteiger charge is -2.11. The van der Waals surface area contributed by atoms with Crippen molar-refractivity contribution < 1.29 is 13.5 Å². The lowest BCUT2D eigenvalue weighted by molar-refractivity contribution is 0.0151. The van der Waals surface area contributed by atoms with Crippen LogP contribution in [-0.4, -0.2) is 25.7 Å². The fourth-order valence-corrected chi connectivity index (χ4v) is 1.55. The third-order valence-corrected chi connectivity index (χ3v) is 2.52. The molecular weight excluding hydrogens is 224 g/mol. The minimum atomic E-state index is -2.39. The van der Waals surface area contributed by atoms with Gasteiger partial charge in [-0.25, -0.2) is 8.78 Å². The number of aryl methyl sites for hydroxylation is 1. The molecule has 0 radical (unpaired) electrons. The molecule has 0 aliphatic heterocycles. The number of ether oxygens (including phenoxy) is 1. The van der Waals surface area contributed by atoms with Gasteiger partial charge in [0.1, 0.15) is 6.61 Å². The predicted octanol–water partition coefficient (Wildman–Crippen LogP) is 2.62. The Morgan fingerprint density at radius 2 is 1.82 bits per heavy atom. The second-order valence-electron chi connectivity index (χ2n) is 4.04. The highest BCUT2D eigenvalue weighted by atomic mass is 19.3. The molecule has 2 nitrogen and oxygen atoms in total. The molecule has 0 saturated carbocycles. The van der Waals surface area contributed by atoms with Crippen molar-refractivity contribution in [2.24, 2.45) is 5.73 Å². The maximum atomic E-state index is 11.8. The molecule has 0 saturated heterocycles. The van der Waals surface area contributed by atoms with E-state index in [2.05, 4.69) is 12.1 Å². The lowest BCUT2D eigenvalue weighted by atomic mass is 10.0. The fraction of sp³-hybridized carbons (Fsp3) is 0.538. The summed E-state index contributed by atoms with van der Waals surface area (Å²) in [7, 11) is 0. The molecule has 1 rings (SSSR count). The van der Waals surface area contributed by atoms with E-state index in [9.17, 15) is 8.78 Å². The zero-order valence-electron chi connectivity index (χ0n) is 9.82. The summed E-state index contributed by atoms with van der Waals surface area (Å²) >= 11 is 0. The van der Waals surface area contributed by atoms with Crippen molar-refractivity contribution in [2.75, 3.05) is 13.2 Å². The van der Waals surface area contributed by atoms with Gasteiger partial charge in [0, 0.05) is 12.6 Å². The Labute approximate surface area is 101 Å². The fourth-order valence-electron chi connectivity index (χ4n) is 1.55. The highest BCUT2D eigenvalue weighted by molar-refractivity contribution is 5.14. The average molecular weight is 243 g/mol. The molecule has 1 atom stereocenters. The number of hydrogen-bond acceptors (Lipinski definition) is 2. The summed E-state index contributed by atoms with van der Waals surface area (Å²) in [6.45, 7) is -0.189. The van der Waals surface area contributed by atoms with Crippen molar-refractivity contribution in [3.8, 4) is 0 Å². The smallest absolute Gasteiger partial charge is 0.261 e. The highest BCUT2D eigenvalue weighted by Gasteiger charge is 2.05. The van der Waals surface area contributed by atoms with Crippen LogP contribution in [0.5, 0.6) is 0 Å².